The fourth-order valence-corrected chi connectivity index (χ4v) is 2.67. The maximum Gasteiger partial charge on any atom is 0.251 e. The molecular formula is C14H9Br2N3O2. The maximum absolute atomic E-state index is 11.8. The summed E-state index contributed by atoms with van der Waals surface area (Å²) < 4.78 is 8.81. The van der Waals surface area contributed by atoms with Crippen molar-refractivity contribution in [3.05, 3.63) is 67.8 Å². The summed E-state index contributed by atoms with van der Waals surface area (Å²) in [7, 11) is 0. The predicted octanol–water partition coefficient (Wildman–Crippen LogP) is 3.47. The molecule has 0 N–H and O–H groups in total. The second-order valence-electron chi connectivity index (χ2n) is 4.29. The van der Waals surface area contributed by atoms with Gasteiger partial charge < -0.3 is 8.98 Å². The van der Waals surface area contributed by atoms with Crippen LogP contribution in [0.5, 0.6) is 0 Å². The van der Waals surface area contributed by atoms with Gasteiger partial charge in [0.15, 0.2) is 0 Å². The minimum atomic E-state index is -0.126. The average Bonchev–Trinajstić information content (AvgIpc) is 2.92. The zero-order chi connectivity index (χ0) is 14.8. The molecule has 1 aromatic carbocycles. The third-order valence-corrected chi connectivity index (χ3v) is 3.98. The first-order valence-corrected chi connectivity index (χ1v) is 7.65. The van der Waals surface area contributed by atoms with Gasteiger partial charge in [-0.05, 0) is 50.1 Å². The molecule has 0 radical (unpaired) electrons. The Balaban J connectivity index is 1.91. The second kappa shape index (κ2) is 5.95. The maximum atomic E-state index is 11.8. The summed E-state index contributed by atoms with van der Waals surface area (Å²) in [4.78, 5) is 11.8. The summed E-state index contributed by atoms with van der Waals surface area (Å²) in [6.07, 6.45) is 1.69. The van der Waals surface area contributed by atoms with Crippen LogP contribution in [0.25, 0.3) is 11.5 Å². The lowest BCUT2D eigenvalue weighted by molar-refractivity contribution is 0.484. The lowest BCUT2D eigenvalue weighted by Crippen LogP contribution is -2.18. The molecule has 0 aliphatic heterocycles. The molecule has 7 heteroatoms. The van der Waals surface area contributed by atoms with Crippen LogP contribution in [-0.2, 0) is 6.54 Å². The van der Waals surface area contributed by atoms with Gasteiger partial charge in [0.05, 0.1) is 5.56 Å². The number of aromatic nitrogens is 3. The van der Waals surface area contributed by atoms with Crippen LogP contribution in [0.3, 0.4) is 0 Å². The molecule has 3 rings (SSSR count). The van der Waals surface area contributed by atoms with Gasteiger partial charge in [-0.1, -0.05) is 12.1 Å². The van der Waals surface area contributed by atoms with E-state index in [-0.39, 0.29) is 12.1 Å². The van der Waals surface area contributed by atoms with Gasteiger partial charge in [0, 0.05) is 21.2 Å². The van der Waals surface area contributed by atoms with E-state index in [1.54, 1.807) is 12.3 Å². The van der Waals surface area contributed by atoms with Gasteiger partial charge in [0.1, 0.15) is 6.54 Å². The zero-order valence-corrected chi connectivity index (χ0v) is 13.8. The minimum Gasteiger partial charge on any atom is -0.419 e. The highest BCUT2D eigenvalue weighted by Gasteiger charge is 2.12. The van der Waals surface area contributed by atoms with Crippen molar-refractivity contribution in [2.24, 2.45) is 0 Å². The Labute approximate surface area is 136 Å². The van der Waals surface area contributed by atoms with E-state index in [1.165, 1.54) is 10.6 Å². The second-order valence-corrected chi connectivity index (χ2v) is 6.06. The van der Waals surface area contributed by atoms with Crippen molar-refractivity contribution in [3.63, 3.8) is 0 Å². The summed E-state index contributed by atoms with van der Waals surface area (Å²) >= 11 is 6.77. The summed E-state index contributed by atoms with van der Waals surface area (Å²) in [6.45, 7) is 0.232. The molecular weight excluding hydrogens is 402 g/mol. The van der Waals surface area contributed by atoms with Crippen molar-refractivity contribution in [3.8, 4) is 11.5 Å². The highest BCUT2D eigenvalue weighted by molar-refractivity contribution is 9.10. The van der Waals surface area contributed by atoms with Crippen molar-refractivity contribution < 1.29 is 4.42 Å². The van der Waals surface area contributed by atoms with Crippen LogP contribution in [-0.4, -0.2) is 14.8 Å². The van der Waals surface area contributed by atoms with Crippen LogP contribution in [0, 0.1) is 0 Å². The molecule has 0 atom stereocenters. The highest BCUT2D eigenvalue weighted by Crippen LogP contribution is 2.26. The van der Waals surface area contributed by atoms with Crippen LogP contribution in [0.15, 0.2) is 60.8 Å². The van der Waals surface area contributed by atoms with Gasteiger partial charge in [0.25, 0.3) is 5.56 Å². The van der Waals surface area contributed by atoms with Crippen LogP contribution in [0.2, 0.25) is 0 Å². The number of rotatable bonds is 3. The smallest absolute Gasteiger partial charge is 0.251 e. The van der Waals surface area contributed by atoms with E-state index in [0.717, 1.165) is 14.5 Å². The Kier molecular flexibility index (Phi) is 4.03. The van der Waals surface area contributed by atoms with E-state index in [0.29, 0.717) is 11.8 Å². The van der Waals surface area contributed by atoms with E-state index in [4.69, 9.17) is 4.42 Å². The summed E-state index contributed by atoms with van der Waals surface area (Å²) in [5, 5.41) is 8.01. The fraction of sp³-hybridized carbons (Fsp3) is 0.0714. The van der Waals surface area contributed by atoms with Gasteiger partial charge in [-0.15, -0.1) is 10.2 Å². The molecule has 0 saturated heterocycles. The SMILES string of the molecule is O=c1ccc(Br)cn1Cc1nnc(-c2ccccc2Br)o1. The van der Waals surface area contributed by atoms with E-state index < -0.39 is 0 Å². The molecule has 0 fully saturated rings. The Hall–Kier alpha value is -1.73. The van der Waals surface area contributed by atoms with Crippen LogP contribution in [0.1, 0.15) is 5.89 Å². The first kappa shape index (κ1) is 14.2. The Morgan fingerprint density at radius 1 is 1.10 bits per heavy atom. The predicted molar refractivity (Wildman–Crippen MR) is 84.9 cm³/mol. The number of halogens is 2. The summed E-state index contributed by atoms with van der Waals surface area (Å²) in [5.74, 6) is 0.793. The van der Waals surface area contributed by atoms with Gasteiger partial charge in [-0.2, -0.15) is 0 Å². The zero-order valence-electron chi connectivity index (χ0n) is 10.7. The lowest BCUT2D eigenvalue weighted by atomic mass is 10.2. The quantitative estimate of drug-likeness (QED) is 0.663. The summed E-state index contributed by atoms with van der Waals surface area (Å²) in [6, 6.07) is 10.8. The Bertz CT molecular complexity index is 842. The van der Waals surface area contributed by atoms with E-state index in [9.17, 15) is 4.79 Å². The number of benzene rings is 1. The van der Waals surface area contributed by atoms with Crippen molar-refractivity contribution in [2.45, 2.75) is 6.54 Å². The van der Waals surface area contributed by atoms with Crippen LogP contribution in [0.4, 0.5) is 0 Å². The van der Waals surface area contributed by atoms with E-state index >= 15 is 0 Å². The fourth-order valence-electron chi connectivity index (χ4n) is 1.83. The molecule has 21 heavy (non-hydrogen) atoms. The first-order valence-electron chi connectivity index (χ1n) is 6.07. The number of hydrogen-bond donors (Lipinski definition) is 0. The lowest BCUT2D eigenvalue weighted by Gasteiger charge is -2.02. The molecule has 0 unspecified atom stereocenters. The van der Waals surface area contributed by atoms with E-state index in [2.05, 4.69) is 42.1 Å². The molecule has 3 aromatic rings. The molecule has 0 aliphatic rings. The minimum absolute atomic E-state index is 0.126. The average molecular weight is 411 g/mol. The molecule has 0 amide bonds. The third kappa shape index (κ3) is 3.14. The van der Waals surface area contributed by atoms with Crippen molar-refractivity contribution in [1.29, 1.82) is 0 Å². The third-order valence-electron chi connectivity index (χ3n) is 2.82. The standard InChI is InChI=1S/C14H9Br2N3O2/c15-9-5-6-13(20)19(7-9)8-12-17-18-14(21-12)10-3-1-2-4-11(10)16/h1-7H,8H2. The Morgan fingerprint density at radius 3 is 2.71 bits per heavy atom. The number of nitrogens with zero attached hydrogens (tertiary/aromatic N) is 3. The molecule has 0 spiro atoms. The number of hydrogen-bond acceptors (Lipinski definition) is 4. The molecule has 0 aliphatic carbocycles. The molecule has 2 aromatic heterocycles. The number of pyridine rings is 1. The van der Waals surface area contributed by atoms with Crippen LogP contribution >= 0.6 is 31.9 Å². The van der Waals surface area contributed by atoms with Gasteiger partial charge >= 0.3 is 0 Å². The van der Waals surface area contributed by atoms with Gasteiger partial charge in [-0.3, -0.25) is 4.79 Å². The molecule has 2 heterocycles. The van der Waals surface area contributed by atoms with Gasteiger partial charge in [0.2, 0.25) is 11.8 Å². The van der Waals surface area contributed by atoms with Crippen molar-refractivity contribution in [1.82, 2.24) is 14.8 Å². The molecule has 5 nitrogen and oxygen atoms in total. The largest absolute Gasteiger partial charge is 0.419 e. The van der Waals surface area contributed by atoms with Crippen molar-refractivity contribution in [2.75, 3.05) is 0 Å². The summed E-state index contributed by atoms with van der Waals surface area (Å²) in [5.41, 5.74) is 0.691. The van der Waals surface area contributed by atoms with E-state index in [1.807, 2.05) is 24.3 Å². The Morgan fingerprint density at radius 2 is 1.90 bits per heavy atom. The topological polar surface area (TPSA) is 60.9 Å². The van der Waals surface area contributed by atoms with Crippen LogP contribution < -0.4 is 5.56 Å². The molecule has 106 valence electrons. The molecule has 0 saturated carbocycles. The normalized spacial score (nSPS) is 10.8. The molecule has 0 bridgehead atoms. The van der Waals surface area contributed by atoms with Crippen molar-refractivity contribution >= 4 is 31.9 Å². The first-order chi connectivity index (χ1) is 10.1. The monoisotopic (exact) mass is 409 g/mol. The van der Waals surface area contributed by atoms with Gasteiger partial charge in [-0.25, -0.2) is 0 Å². The highest BCUT2D eigenvalue weighted by atomic mass is 79.9.